The number of rotatable bonds is 3. The minimum Gasteiger partial charge on any atom is -0.357 e. The molecule has 114 valence electrons. The predicted molar refractivity (Wildman–Crippen MR) is 81.5 cm³/mol. The molecule has 1 saturated heterocycles. The summed E-state index contributed by atoms with van der Waals surface area (Å²) in [5.41, 5.74) is 1.27. The lowest BCUT2D eigenvalue weighted by molar-refractivity contribution is -0.124. The molecule has 1 aromatic heterocycles. The lowest BCUT2D eigenvalue weighted by atomic mass is 10.1. The summed E-state index contributed by atoms with van der Waals surface area (Å²) in [4.78, 5) is 30.4. The van der Waals surface area contributed by atoms with Crippen LogP contribution in [0, 0.1) is 0 Å². The maximum atomic E-state index is 12.7. The Bertz CT molecular complexity index is 560. The fraction of sp³-hybridized carbons (Fsp3) is 0.533. The monoisotopic (exact) mass is 309 g/mol. The summed E-state index contributed by atoms with van der Waals surface area (Å²) < 4.78 is 0. The van der Waals surface area contributed by atoms with E-state index in [0.29, 0.717) is 23.7 Å². The third kappa shape index (κ3) is 3.35. The molecule has 2 rings (SSSR count). The highest BCUT2D eigenvalue weighted by atomic mass is 35.5. The molecule has 21 heavy (non-hydrogen) atoms. The van der Waals surface area contributed by atoms with E-state index in [9.17, 15) is 9.59 Å². The number of nitrogens with zero attached hydrogens (tertiary/aromatic N) is 2. The van der Waals surface area contributed by atoms with E-state index in [4.69, 9.17) is 11.6 Å². The maximum Gasteiger partial charge on any atom is 0.254 e. The topological polar surface area (TPSA) is 62.3 Å². The normalized spacial score (nSPS) is 18.1. The first-order valence-corrected chi connectivity index (χ1v) is 7.52. The van der Waals surface area contributed by atoms with Crippen LogP contribution in [-0.2, 0) is 4.79 Å². The van der Waals surface area contributed by atoms with Crippen LogP contribution in [0.15, 0.2) is 12.1 Å². The zero-order valence-electron chi connectivity index (χ0n) is 12.5. The minimum absolute atomic E-state index is 0.120. The average molecular weight is 310 g/mol. The number of amides is 2. The van der Waals surface area contributed by atoms with Gasteiger partial charge in [-0.15, -0.1) is 0 Å². The number of hydrogen-bond acceptors (Lipinski definition) is 3. The zero-order valence-corrected chi connectivity index (χ0v) is 13.3. The molecule has 0 aromatic carbocycles. The summed E-state index contributed by atoms with van der Waals surface area (Å²) in [5, 5.41) is 2.92. The van der Waals surface area contributed by atoms with E-state index in [2.05, 4.69) is 10.3 Å². The van der Waals surface area contributed by atoms with Crippen LogP contribution in [0.3, 0.4) is 0 Å². The molecule has 1 N–H and O–H groups in total. The number of nitrogens with one attached hydrogen (secondary N) is 1. The van der Waals surface area contributed by atoms with E-state index in [1.54, 1.807) is 24.1 Å². The smallest absolute Gasteiger partial charge is 0.254 e. The molecule has 1 fully saturated rings. The molecule has 1 aliphatic rings. The Kier molecular flexibility index (Phi) is 4.83. The maximum absolute atomic E-state index is 12.7. The molecule has 2 heterocycles. The second-order valence-corrected chi connectivity index (χ2v) is 5.92. The molecule has 0 spiro atoms. The van der Waals surface area contributed by atoms with E-state index in [0.717, 1.165) is 12.1 Å². The molecule has 1 unspecified atom stereocenters. The summed E-state index contributed by atoms with van der Waals surface area (Å²) >= 11 is 6.01. The average Bonchev–Trinajstić information content (AvgIpc) is 2.94. The van der Waals surface area contributed by atoms with E-state index in [1.165, 1.54) is 0 Å². The standard InChI is InChI=1S/C15H20ClN3O2/c1-9(2)11-7-10(8-13(16)18-11)15(21)19-6-4-5-12(19)14(20)17-3/h7-9,12H,4-6H2,1-3H3,(H,17,20). The summed E-state index contributed by atoms with van der Waals surface area (Å²) in [6, 6.07) is 2.93. The summed E-state index contributed by atoms with van der Waals surface area (Å²) in [6.07, 6.45) is 1.53. The van der Waals surface area contributed by atoms with Crippen molar-refractivity contribution in [3.05, 3.63) is 28.5 Å². The van der Waals surface area contributed by atoms with Crippen LogP contribution in [0.4, 0.5) is 0 Å². The van der Waals surface area contributed by atoms with Gasteiger partial charge < -0.3 is 10.2 Å². The highest BCUT2D eigenvalue weighted by molar-refractivity contribution is 6.29. The number of likely N-dealkylation sites (N-methyl/N-ethyl adjacent to an activating group) is 1. The molecule has 0 saturated carbocycles. The summed E-state index contributed by atoms with van der Waals surface area (Å²) in [5.74, 6) is -0.0963. The van der Waals surface area contributed by atoms with Crippen molar-refractivity contribution in [2.75, 3.05) is 13.6 Å². The van der Waals surface area contributed by atoms with E-state index in [1.807, 2.05) is 13.8 Å². The number of hydrogen-bond donors (Lipinski definition) is 1. The molecule has 1 atom stereocenters. The Hall–Kier alpha value is -1.62. The molecule has 5 nitrogen and oxygen atoms in total. The van der Waals surface area contributed by atoms with E-state index < -0.39 is 6.04 Å². The van der Waals surface area contributed by atoms with Crippen molar-refractivity contribution < 1.29 is 9.59 Å². The van der Waals surface area contributed by atoms with Crippen LogP contribution in [0.25, 0.3) is 0 Å². The van der Waals surface area contributed by atoms with Gasteiger partial charge in [0.15, 0.2) is 0 Å². The molecule has 1 aromatic rings. The molecule has 0 bridgehead atoms. The van der Waals surface area contributed by atoms with Crippen LogP contribution in [0.1, 0.15) is 48.7 Å². The predicted octanol–water partition coefficient (Wildman–Crippen LogP) is 2.21. The molecular weight excluding hydrogens is 290 g/mol. The highest BCUT2D eigenvalue weighted by Crippen LogP contribution is 2.23. The number of halogens is 1. The van der Waals surface area contributed by atoms with Crippen molar-refractivity contribution in [1.29, 1.82) is 0 Å². The second-order valence-electron chi connectivity index (χ2n) is 5.53. The van der Waals surface area contributed by atoms with Crippen LogP contribution < -0.4 is 5.32 Å². The van der Waals surface area contributed by atoms with Crippen LogP contribution in [0.5, 0.6) is 0 Å². The Labute approximate surface area is 129 Å². The molecule has 2 amide bonds. The van der Waals surface area contributed by atoms with Gasteiger partial charge in [0.1, 0.15) is 11.2 Å². The third-order valence-electron chi connectivity index (χ3n) is 3.72. The molecular formula is C15H20ClN3O2. The van der Waals surface area contributed by atoms with Gasteiger partial charge in [0.2, 0.25) is 5.91 Å². The van der Waals surface area contributed by atoms with Crippen molar-refractivity contribution in [3.63, 3.8) is 0 Å². The minimum atomic E-state index is -0.392. The largest absolute Gasteiger partial charge is 0.357 e. The number of carbonyl (C=O) groups excluding carboxylic acids is 2. The van der Waals surface area contributed by atoms with Gasteiger partial charge in [-0.3, -0.25) is 9.59 Å². The lowest BCUT2D eigenvalue weighted by Gasteiger charge is -2.23. The fourth-order valence-electron chi connectivity index (χ4n) is 2.55. The summed E-state index contributed by atoms with van der Waals surface area (Å²) in [6.45, 7) is 4.58. The third-order valence-corrected chi connectivity index (χ3v) is 3.91. The first-order chi connectivity index (χ1) is 9.93. The Balaban J connectivity index is 2.29. The quantitative estimate of drug-likeness (QED) is 0.871. The summed E-state index contributed by atoms with van der Waals surface area (Å²) in [7, 11) is 1.59. The van der Waals surface area contributed by atoms with Crippen molar-refractivity contribution in [2.45, 2.75) is 38.6 Å². The van der Waals surface area contributed by atoms with Crippen molar-refractivity contribution in [3.8, 4) is 0 Å². The number of likely N-dealkylation sites (tertiary alicyclic amines) is 1. The van der Waals surface area contributed by atoms with Gasteiger partial charge >= 0.3 is 0 Å². The fourth-order valence-corrected chi connectivity index (χ4v) is 2.77. The van der Waals surface area contributed by atoms with Crippen molar-refractivity contribution >= 4 is 23.4 Å². The molecule has 6 heteroatoms. The van der Waals surface area contributed by atoms with Gasteiger partial charge in [0, 0.05) is 24.8 Å². The van der Waals surface area contributed by atoms with E-state index >= 15 is 0 Å². The Morgan fingerprint density at radius 2 is 2.14 bits per heavy atom. The molecule has 0 radical (unpaired) electrons. The van der Waals surface area contributed by atoms with Gasteiger partial charge in [0.05, 0.1) is 0 Å². The molecule has 0 aliphatic carbocycles. The van der Waals surface area contributed by atoms with Gasteiger partial charge in [-0.1, -0.05) is 25.4 Å². The van der Waals surface area contributed by atoms with Gasteiger partial charge in [-0.05, 0) is 30.9 Å². The first kappa shape index (κ1) is 15.8. The van der Waals surface area contributed by atoms with Crippen LogP contribution >= 0.6 is 11.6 Å². The number of aromatic nitrogens is 1. The lowest BCUT2D eigenvalue weighted by Crippen LogP contribution is -2.44. The second kappa shape index (κ2) is 6.43. The van der Waals surface area contributed by atoms with E-state index in [-0.39, 0.29) is 17.7 Å². The molecule has 1 aliphatic heterocycles. The zero-order chi connectivity index (χ0) is 15.6. The van der Waals surface area contributed by atoms with Gasteiger partial charge in [0.25, 0.3) is 5.91 Å². The number of pyridine rings is 1. The van der Waals surface area contributed by atoms with Gasteiger partial charge in [-0.2, -0.15) is 0 Å². The Morgan fingerprint density at radius 1 is 1.43 bits per heavy atom. The highest BCUT2D eigenvalue weighted by Gasteiger charge is 2.34. The first-order valence-electron chi connectivity index (χ1n) is 7.14. The Morgan fingerprint density at radius 3 is 2.76 bits per heavy atom. The SMILES string of the molecule is CNC(=O)C1CCCN1C(=O)c1cc(Cl)nc(C(C)C)c1. The number of carbonyl (C=O) groups is 2. The van der Waals surface area contributed by atoms with Crippen molar-refractivity contribution in [1.82, 2.24) is 15.2 Å². The van der Waals surface area contributed by atoms with Gasteiger partial charge in [-0.25, -0.2) is 4.98 Å². The van der Waals surface area contributed by atoms with Crippen molar-refractivity contribution in [2.24, 2.45) is 0 Å². The van der Waals surface area contributed by atoms with Crippen LogP contribution in [0.2, 0.25) is 5.15 Å². The van der Waals surface area contributed by atoms with Crippen LogP contribution in [-0.4, -0.2) is 41.3 Å².